The van der Waals surface area contributed by atoms with Gasteiger partial charge < -0.3 is 25.3 Å². The highest BCUT2D eigenvalue weighted by Gasteiger charge is 2.51. The lowest BCUT2D eigenvalue weighted by atomic mass is 9.62. The number of quaternary nitrogens is 1. The summed E-state index contributed by atoms with van der Waals surface area (Å²) in [4.78, 5) is 15.8. The van der Waals surface area contributed by atoms with Crippen LogP contribution in [-0.2, 0) is 9.53 Å². The van der Waals surface area contributed by atoms with Crippen molar-refractivity contribution in [3.8, 4) is 6.07 Å². The van der Waals surface area contributed by atoms with Crippen LogP contribution in [-0.4, -0.2) is 75.2 Å². The second-order valence-corrected chi connectivity index (χ2v) is 7.30. The summed E-state index contributed by atoms with van der Waals surface area (Å²) in [6.45, 7) is 5.79. The zero-order valence-corrected chi connectivity index (χ0v) is 15.6. The van der Waals surface area contributed by atoms with Crippen LogP contribution in [0.3, 0.4) is 0 Å². The van der Waals surface area contributed by atoms with Crippen LogP contribution < -0.4 is 10.2 Å². The van der Waals surface area contributed by atoms with Gasteiger partial charge in [0.1, 0.15) is 24.0 Å². The third-order valence-electron chi connectivity index (χ3n) is 5.24. The molecule has 0 aliphatic carbocycles. The first-order valence-electron chi connectivity index (χ1n) is 8.54. The van der Waals surface area contributed by atoms with Crippen molar-refractivity contribution in [3.63, 3.8) is 0 Å². The van der Waals surface area contributed by atoms with Gasteiger partial charge in [0, 0.05) is 11.0 Å². The van der Waals surface area contributed by atoms with E-state index in [1.807, 2.05) is 7.05 Å². The van der Waals surface area contributed by atoms with Gasteiger partial charge in [-0.1, -0.05) is 12.2 Å². The van der Waals surface area contributed by atoms with Gasteiger partial charge in [-0.05, 0) is 33.0 Å². The maximum atomic E-state index is 11.9. The summed E-state index contributed by atoms with van der Waals surface area (Å²) in [6, 6.07) is 2.05. The van der Waals surface area contributed by atoms with Gasteiger partial charge >= 0.3 is 0 Å². The van der Waals surface area contributed by atoms with Crippen molar-refractivity contribution in [1.29, 1.82) is 5.26 Å². The number of ether oxygens (including phenoxy) is 1. The number of nitrogens with zero attached hydrogens (tertiary/aromatic N) is 3. The first-order chi connectivity index (χ1) is 11.9. The summed E-state index contributed by atoms with van der Waals surface area (Å²) in [7, 11) is 4.18. The van der Waals surface area contributed by atoms with E-state index in [0.717, 1.165) is 26.3 Å². The fourth-order valence-corrected chi connectivity index (χ4v) is 3.84. The topological polar surface area (TPSA) is 92.1 Å². The zero-order chi connectivity index (χ0) is 18.4. The van der Waals surface area contributed by atoms with Crippen molar-refractivity contribution in [1.82, 2.24) is 10.2 Å². The van der Waals surface area contributed by atoms with E-state index >= 15 is 0 Å². The minimum Gasteiger partial charge on any atom is -0.763 e. The van der Waals surface area contributed by atoms with E-state index in [-0.39, 0.29) is 10.9 Å². The van der Waals surface area contributed by atoms with Crippen molar-refractivity contribution in [2.45, 2.75) is 12.8 Å². The average Bonchev–Trinajstić information content (AvgIpc) is 2.59. The summed E-state index contributed by atoms with van der Waals surface area (Å²) in [6.07, 6.45) is 1.25. The molecule has 0 aromatic heterocycles. The SMILES string of the molecule is CN1CCC2(CC1)C(=C=[N-])C(=S)NC(=O)C2C#N.C[NH+]1CCOCC1. The molecule has 1 amide bonds. The number of likely N-dealkylation sites (N-methyl/N-ethyl adjacent to an activating group) is 1. The van der Waals surface area contributed by atoms with Crippen LogP contribution in [0.1, 0.15) is 12.8 Å². The fourth-order valence-electron chi connectivity index (χ4n) is 3.49. The Morgan fingerprint density at radius 1 is 1.40 bits per heavy atom. The highest BCUT2D eigenvalue weighted by molar-refractivity contribution is 7.80. The van der Waals surface area contributed by atoms with Crippen LogP contribution in [0.15, 0.2) is 5.57 Å². The number of carbonyl (C=O) groups is 1. The molecule has 3 saturated heterocycles. The number of likely N-dealkylation sites (tertiary alicyclic amines) is 1. The summed E-state index contributed by atoms with van der Waals surface area (Å²) in [5.74, 6) is 0.923. The molecule has 0 bridgehead atoms. The number of hydrogen-bond acceptors (Lipinski definition) is 5. The number of rotatable bonds is 0. The minimum absolute atomic E-state index is 0.193. The summed E-state index contributed by atoms with van der Waals surface area (Å²) in [5.41, 5.74) is -0.285. The van der Waals surface area contributed by atoms with Gasteiger partial charge in [0.2, 0.25) is 5.91 Å². The van der Waals surface area contributed by atoms with Crippen LogP contribution in [0.5, 0.6) is 0 Å². The van der Waals surface area contributed by atoms with E-state index in [0.29, 0.717) is 18.4 Å². The Kier molecular flexibility index (Phi) is 6.82. The van der Waals surface area contributed by atoms with Gasteiger partial charge in [-0.25, -0.2) is 0 Å². The first-order valence-corrected chi connectivity index (χ1v) is 8.95. The molecule has 7 nitrogen and oxygen atoms in total. The predicted octanol–water partition coefficient (Wildman–Crippen LogP) is -1.01. The molecule has 25 heavy (non-hydrogen) atoms. The molecule has 3 heterocycles. The number of piperidine rings is 2. The Morgan fingerprint density at radius 2 is 2.00 bits per heavy atom. The molecule has 136 valence electrons. The van der Waals surface area contributed by atoms with Crippen molar-refractivity contribution in [2.24, 2.45) is 11.3 Å². The molecule has 3 fully saturated rings. The van der Waals surface area contributed by atoms with Crippen molar-refractivity contribution >= 4 is 29.0 Å². The van der Waals surface area contributed by atoms with Gasteiger partial charge in [-0.3, -0.25) is 10.7 Å². The smallest absolute Gasteiger partial charge is 0.243 e. The summed E-state index contributed by atoms with van der Waals surface area (Å²) < 4.78 is 5.12. The average molecular weight is 363 g/mol. The van der Waals surface area contributed by atoms with Crippen molar-refractivity contribution < 1.29 is 14.4 Å². The molecule has 3 aliphatic rings. The number of thiocarbonyl (C=S) groups is 1. The maximum absolute atomic E-state index is 11.9. The lowest BCUT2D eigenvalue weighted by Crippen LogP contribution is -3.11. The van der Waals surface area contributed by atoms with Crippen molar-refractivity contribution in [2.75, 3.05) is 53.5 Å². The molecule has 1 spiro atoms. The molecular weight excluding hydrogens is 338 g/mol. The van der Waals surface area contributed by atoms with Gasteiger partial charge in [-0.2, -0.15) is 5.26 Å². The number of morpholine rings is 1. The third kappa shape index (κ3) is 4.32. The minimum atomic E-state index is -0.812. The lowest BCUT2D eigenvalue weighted by molar-refractivity contribution is -0.888. The quantitative estimate of drug-likeness (QED) is 0.327. The Hall–Kier alpha value is -1.62. The second kappa shape index (κ2) is 8.65. The third-order valence-corrected chi connectivity index (χ3v) is 5.55. The molecule has 0 saturated carbocycles. The van der Waals surface area contributed by atoms with E-state index in [2.05, 4.69) is 29.2 Å². The van der Waals surface area contributed by atoms with E-state index in [1.54, 1.807) is 4.90 Å². The number of carbonyl (C=O) groups excluding carboxylic acids is 1. The molecule has 2 N–H and O–H groups in total. The van der Waals surface area contributed by atoms with Gasteiger partial charge in [-0.15, -0.1) is 0 Å². The Balaban J connectivity index is 0.000000269. The van der Waals surface area contributed by atoms with Crippen LogP contribution in [0.4, 0.5) is 0 Å². The highest BCUT2D eigenvalue weighted by atomic mass is 32.1. The maximum Gasteiger partial charge on any atom is 0.243 e. The number of nitrogens with one attached hydrogen (secondary N) is 2. The lowest BCUT2D eigenvalue weighted by Gasteiger charge is -2.46. The molecule has 0 radical (unpaired) electrons. The second-order valence-electron chi connectivity index (χ2n) is 6.90. The predicted molar refractivity (Wildman–Crippen MR) is 98.3 cm³/mol. The summed E-state index contributed by atoms with van der Waals surface area (Å²) >= 11 is 5.07. The normalized spacial score (nSPS) is 26.9. The largest absolute Gasteiger partial charge is 0.763 e. The van der Waals surface area contributed by atoms with Gasteiger partial charge in [0.05, 0.1) is 26.3 Å². The van der Waals surface area contributed by atoms with E-state index in [4.69, 9.17) is 17.0 Å². The number of amides is 1. The van der Waals surface area contributed by atoms with E-state index in [1.165, 1.54) is 13.1 Å². The Bertz CT molecular complexity index is 609. The first kappa shape index (κ1) is 19.7. The molecule has 1 unspecified atom stereocenters. The van der Waals surface area contributed by atoms with Gasteiger partial charge in [0.15, 0.2) is 0 Å². The molecule has 0 aromatic rings. The van der Waals surface area contributed by atoms with Crippen LogP contribution >= 0.6 is 12.2 Å². The molecular formula is C17H25N5O2S. The van der Waals surface area contributed by atoms with Crippen LogP contribution in [0.2, 0.25) is 0 Å². The van der Waals surface area contributed by atoms with Crippen LogP contribution in [0.25, 0.3) is 5.41 Å². The van der Waals surface area contributed by atoms with E-state index < -0.39 is 11.3 Å². The molecule has 8 heteroatoms. The zero-order valence-electron chi connectivity index (χ0n) is 14.8. The molecule has 3 rings (SSSR count). The Morgan fingerprint density at radius 3 is 2.44 bits per heavy atom. The van der Waals surface area contributed by atoms with E-state index in [9.17, 15) is 15.5 Å². The Labute approximate surface area is 154 Å². The number of nitriles is 1. The molecule has 0 aromatic carbocycles. The highest BCUT2D eigenvalue weighted by Crippen LogP contribution is 2.46. The fraction of sp³-hybridized carbons (Fsp3) is 0.706. The molecule has 3 aliphatic heterocycles. The molecule has 1 atom stereocenters. The van der Waals surface area contributed by atoms with Gasteiger partial charge in [0.25, 0.3) is 0 Å². The monoisotopic (exact) mass is 363 g/mol. The standard InChI is InChI=1S/C12H13N4OS.C5H11NO/c1-16-4-2-12(3-5-16)8(6-13)10(17)15-11(18)9(12)7-14;1-6-2-4-7-5-3-6/h8H,2-5H2,1H3,(H,15,17,18);2-5H2,1H3/q-1;/p+1. The number of hydrogen-bond donors (Lipinski definition) is 2. The van der Waals surface area contributed by atoms with Crippen LogP contribution in [0, 0.1) is 22.7 Å². The van der Waals surface area contributed by atoms with Crippen molar-refractivity contribution in [3.05, 3.63) is 11.0 Å². The summed E-state index contributed by atoms with van der Waals surface area (Å²) in [5, 5.41) is 21.0.